The normalized spacial score (nSPS) is 11.1. The van der Waals surface area contributed by atoms with Crippen molar-refractivity contribution in [3.05, 3.63) is 22.7 Å². The van der Waals surface area contributed by atoms with Gasteiger partial charge in [0.1, 0.15) is 6.61 Å². The van der Waals surface area contributed by atoms with Crippen molar-refractivity contribution in [1.29, 1.82) is 0 Å². The maximum atomic E-state index is 10.9. The lowest BCUT2D eigenvalue weighted by molar-refractivity contribution is -0.132. The first kappa shape index (κ1) is 14.0. The Balaban J connectivity index is 2.86. The fraction of sp³-hybridized carbons (Fsp3) is 0.417. The predicted molar refractivity (Wildman–Crippen MR) is 67.2 cm³/mol. The van der Waals surface area contributed by atoms with E-state index in [2.05, 4.69) is 15.9 Å². The van der Waals surface area contributed by atoms with Crippen LogP contribution in [0.3, 0.4) is 0 Å². The van der Waals surface area contributed by atoms with Crippen molar-refractivity contribution in [2.75, 3.05) is 6.61 Å². The summed E-state index contributed by atoms with van der Waals surface area (Å²) in [5.41, 5.74) is -0.944. The van der Waals surface area contributed by atoms with Crippen LogP contribution in [0.2, 0.25) is 0 Å². The molecule has 0 atom stereocenters. The molecule has 0 unspecified atom stereocenters. The summed E-state index contributed by atoms with van der Waals surface area (Å²) in [6.45, 7) is 4.71. The van der Waals surface area contributed by atoms with E-state index in [0.717, 1.165) is 4.47 Å². The van der Waals surface area contributed by atoms with Crippen LogP contribution >= 0.6 is 15.9 Å². The molecule has 1 rings (SSSR count). The Morgan fingerprint density at radius 3 is 2.59 bits per heavy atom. The largest absolute Gasteiger partial charge is 0.487 e. The second-order valence-corrected chi connectivity index (χ2v) is 5.20. The van der Waals surface area contributed by atoms with Crippen molar-refractivity contribution in [1.82, 2.24) is 0 Å². The molecule has 0 aliphatic rings. The molecular weight excluding hydrogens is 288 g/mol. The van der Waals surface area contributed by atoms with E-state index in [-0.39, 0.29) is 6.61 Å². The number of esters is 1. The van der Waals surface area contributed by atoms with Crippen LogP contribution < -0.4 is 9.47 Å². The van der Waals surface area contributed by atoms with Crippen LogP contribution in [0, 0.1) is 0 Å². The molecule has 0 aliphatic carbocycles. The molecule has 0 bridgehead atoms. The molecule has 5 heteroatoms. The quantitative estimate of drug-likeness (QED) is 0.686. The van der Waals surface area contributed by atoms with E-state index in [1.54, 1.807) is 32.0 Å². The maximum absolute atomic E-state index is 10.9. The van der Waals surface area contributed by atoms with Gasteiger partial charge in [0.2, 0.25) is 0 Å². The third kappa shape index (κ3) is 5.19. The van der Waals surface area contributed by atoms with Crippen molar-refractivity contribution in [2.24, 2.45) is 0 Å². The first-order valence-corrected chi connectivity index (χ1v) is 5.90. The van der Waals surface area contributed by atoms with Gasteiger partial charge in [-0.1, -0.05) is 15.9 Å². The van der Waals surface area contributed by atoms with Crippen LogP contribution in [0.15, 0.2) is 22.7 Å². The van der Waals surface area contributed by atoms with Crippen LogP contribution in [0.5, 0.6) is 11.5 Å². The molecule has 0 fully saturated rings. The van der Waals surface area contributed by atoms with E-state index in [0.29, 0.717) is 11.5 Å². The van der Waals surface area contributed by atoms with E-state index >= 15 is 0 Å². The Morgan fingerprint density at radius 2 is 2.06 bits per heavy atom. The van der Waals surface area contributed by atoms with Gasteiger partial charge in [-0.3, -0.25) is 4.79 Å². The summed E-state index contributed by atoms with van der Waals surface area (Å²) >= 11 is 3.28. The van der Waals surface area contributed by atoms with Gasteiger partial charge in [-0.05, 0) is 32.0 Å². The van der Waals surface area contributed by atoms with E-state index in [4.69, 9.17) is 9.47 Å². The summed E-state index contributed by atoms with van der Waals surface area (Å²) in [7, 11) is 0. The predicted octanol–water partition coefficient (Wildman–Crippen LogP) is 2.52. The monoisotopic (exact) mass is 302 g/mol. The van der Waals surface area contributed by atoms with Crippen LogP contribution in [-0.4, -0.2) is 23.3 Å². The summed E-state index contributed by atoms with van der Waals surface area (Å²) in [6, 6.07) is 5.09. The molecule has 0 spiro atoms. The standard InChI is InChI=1S/C12H15BrO4/c1-8(14)17-11-6-9(13)4-5-10(11)16-7-12(2,3)15/h4-6,15H,7H2,1-3H3. The van der Waals surface area contributed by atoms with Gasteiger partial charge in [-0.25, -0.2) is 0 Å². The Kier molecular flexibility index (Phi) is 4.54. The van der Waals surface area contributed by atoms with Crippen molar-refractivity contribution < 1.29 is 19.4 Å². The number of carbonyl (C=O) groups is 1. The van der Waals surface area contributed by atoms with Crippen molar-refractivity contribution in [3.63, 3.8) is 0 Å². The molecule has 0 aromatic heterocycles. The summed E-state index contributed by atoms with van der Waals surface area (Å²) in [5, 5.41) is 9.56. The van der Waals surface area contributed by atoms with Gasteiger partial charge in [0, 0.05) is 11.4 Å². The van der Waals surface area contributed by atoms with E-state index in [1.807, 2.05) is 0 Å². The number of hydrogen-bond donors (Lipinski definition) is 1. The SMILES string of the molecule is CC(=O)Oc1cc(Br)ccc1OCC(C)(C)O. The minimum atomic E-state index is -0.944. The molecule has 94 valence electrons. The van der Waals surface area contributed by atoms with Gasteiger partial charge in [0.25, 0.3) is 0 Å². The summed E-state index contributed by atoms with van der Waals surface area (Å²) < 4.78 is 11.2. The Labute approximate surface area is 109 Å². The molecular formula is C12H15BrO4. The third-order valence-electron chi connectivity index (χ3n) is 1.74. The lowest BCUT2D eigenvalue weighted by Gasteiger charge is -2.19. The zero-order chi connectivity index (χ0) is 13.1. The number of hydrogen-bond acceptors (Lipinski definition) is 4. The molecule has 4 nitrogen and oxygen atoms in total. The average molecular weight is 303 g/mol. The molecule has 1 aromatic rings. The fourth-order valence-electron chi connectivity index (χ4n) is 1.09. The van der Waals surface area contributed by atoms with Crippen LogP contribution in [-0.2, 0) is 4.79 Å². The molecule has 0 radical (unpaired) electrons. The van der Waals surface area contributed by atoms with Gasteiger partial charge in [-0.2, -0.15) is 0 Å². The molecule has 0 saturated carbocycles. The van der Waals surface area contributed by atoms with E-state index in [9.17, 15) is 9.90 Å². The Hall–Kier alpha value is -1.07. The highest BCUT2D eigenvalue weighted by Crippen LogP contribution is 2.31. The first-order valence-electron chi connectivity index (χ1n) is 5.11. The number of rotatable bonds is 4. The summed E-state index contributed by atoms with van der Waals surface area (Å²) in [4.78, 5) is 10.9. The third-order valence-corrected chi connectivity index (χ3v) is 2.23. The topological polar surface area (TPSA) is 55.8 Å². The molecule has 0 amide bonds. The zero-order valence-electron chi connectivity index (χ0n) is 9.99. The maximum Gasteiger partial charge on any atom is 0.308 e. The van der Waals surface area contributed by atoms with Crippen LogP contribution in [0.1, 0.15) is 20.8 Å². The number of halogens is 1. The van der Waals surface area contributed by atoms with Crippen LogP contribution in [0.25, 0.3) is 0 Å². The molecule has 0 aliphatic heterocycles. The highest BCUT2D eigenvalue weighted by atomic mass is 79.9. The minimum Gasteiger partial charge on any atom is -0.487 e. The second kappa shape index (κ2) is 5.51. The number of carbonyl (C=O) groups excluding carboxylic acids is 1. The number of benzene rings is 1. The van der Waals surface area contributed by atoms with Gasteiger partial charge >= 0.3 is 5.97 Å². The van der Waals surface area contributed by atoms with Gasteiger partial charge in [0.15, 0.2) is 11.5 Å². The molecule has 1 N–H and O–H groups in total. The van der Waals surface area contributed by atoms with Crippen LogP contribution in [0.4, 0.5) is 0 Å². The highest BCUT2D eigenvalue weighted by Gasteiger charge is 2.16. The molecule has 1 aromatic carbocycles. The van der Waals surface area contributed by atoms with Crippen molar-refractivity contribution in [2.45, 2.75) is 26.4 Å². The molecule has 0 saturated heterocycles. The molecule has 17 heavy (non-hydrogen) atoms. The van der Waals surface area contributed by atoms with Gasteiger partial charge < -0.3 is 14.6 Å². The second-order valence-electron chi connectivity index (χ2n) is 4.29. The van der Waals surface area contributed by atoms with E-state index < -0.39 is 11.6 Å². The smallest absolute Gasteiger partial charge is 0.308 e. The minimum absolute atomic E-state index is 0.114. The highest BCUT2D eigenvalue weighted by molar-refractivity contribution is 9.10. The van der Waals surface area contributed by atoms with E-state index in [1.165, 1.54) is 6.92 Å². The summed E-state index contributed by atoms with van der Waals surface area (Å²) in [6.07, 6.45) is 0. The molecule has 0 heterocycles. The Morgan fingerprint density at radius 1 is 1.41 bits per heavy atom. The van der Waals surface area contributed by atoms with Gasteiger partial charge in [-0.15, -0.1) is 0 Å². The van der Waals surface area contributed by atoms with Crippen molar-refractivity contribution in [3.8, 4) is 11.5 Å². The van der Waals surface area contributed by atoms with Crippen molar-refractivity contribution >= 4 is 21.9 Å². The average Bonchev–Trinajstić information content (AvgIpc) is 2.14. The lowest BCUT2D eigenvalue weighted by Crippen LogP contribution is -2.28. The first-order chi connectivity index (χ1) is 7.78. The fourth-order valence-corrected chi connectivity index (χ4v) is 1.43. The number of ether oxygens (including phenoxy) is 2. The number of aliphatic hydroxyl groups is 1. The zero-order valence-corrected chi connectivity index (χ0v) is 11.6. The lowest BCUT2D eigenvalue weighted by atomic mass is 10.2. The Bertz CT molecular complexity index is 409. The van der Waals surface area contributed by atoms with Gasteiger partial charge in [0.05, 0.1) is 5.60 Å². The summed E-state index contributed by atoms with van der Waals surface area (Å²) in [5.74, 6) is 0.331.